The van der Waals surface area contributed by atoms with Crippen LogP contribution >= 0.6 is 0 Å². The molecule has 2 heterocycles. The average Bonchev–Trinajstić information content (AvgIpc) is 3.40. The second-order valence-electron chi connectivity index (χ2n) is 6.31. The van der Waals surface area contributed by atoms with Crippen molar-refractivity contribution in [3.8, 4) is 28.9 Å². The number of ether oxygens (including phenoxy) is 1. The highest BCUT2D eigenvalue weighted by atomic mass is 16.5. The normalized spacial score (nSPS) is 10.7. The maximum absolute atomic E-state index is 12.7. The summed E-state index contributed by atoms with van der Waals surface area (Å²) in [6.45, 7) is 1.31. The van der Waals surface area contributed by atoms with Crippen molar-refractivity contribution >= 4 is 11.8 Å². The Kier molecular flexibility index (Phi) is 5.03. The van der Waals surface area contributed by atoms with E-state index in [0.717, 1.165) is 5.56 Å². The molecular formula is C22H16N2O5. The number of rotatable bonds is 6. The van der Waals surface area contributed by atoms with Crippen molar-refractivity contribution in [1.29, 1.82) is 0 Å². The van der Waals surface area contributed by atoms with Gasteiger partial charge in [-0.05, 0) is 42.0 Å². The van der Waals surface area contributed by atoms with Crippen LogP contribution in [0.4, 0.5) is 0 Å². The highest BCUT2D eigenvalue weighted by Crippen LogP contribution is 2.25. The second kappa shape index (κ2) is 7.93. The maximum atomic E-state index is 12.7. The Bertz CT molecular complexity index is 1160. The lowest BCUT2D eigenvalue weighted by molar-refractivity contribution is -0.131. The summed E-state index contributed by atoms with van der Waals surface area (Å²) in [5, 5.41) is 8.04. The fourth-order valence-corrected chi connectivity index (χ4v) is 2.84. The first-order valence-electron chi connectivity index (χ1n) is 8.87. The van der Waals surface area contributed by atoms with Crippen molar-refractivity contribution in [2.75, 3.05) is 0 Å². The van der Waals surface area contributed by atoms with Gasteiger partial charge < -0.3 is 13.6 Å². The number of Topliss-reactive ketones (excluding diaryl/α,β-unsaturated/α-hetero) is 1. The Morgan fingerprint density at radius 1 is 0.966 bits per heavy atom. The van der Waals surface area contributed by atoms with Gasteiger partial charge in [0.1, 0.15) is 5.75 Å². The minimum Gasteiger partial charge on any atom is -0.459 e. The van der Waals surface area contributed by atoms with Crippen LogP contribution in [0.2, 0.25) is 0 Å². The first-order valence-corrected chi connectivity index (χ1v) is 8.87. The Labute approximate surface area is 165 Å². The van der Waals surface area contributed by atoms with Gasteiger partial charge in [0.25, 0.3) is 5.89 Å². The van der Waals surface area contributed by atoms with Crippen LogP contribution in [0.15, 0.2) is 75.8 Å². The van der Waals surface area contributed by atoms with E-state index < -0.39 is 5.97 Å². The van der Waals surface area contributed by atoms with Crippen molar-refractivity contribution in [1.82, 2.24) is 10.2 Å². The molecule has 0 atom stereocenters. The number of hydrogen-bond acceptors (Lipinski definition) is 7. The Morgan fingerprint density at radius 3 is 2.59 bits per heavy atom. The molecule has 7 nitrogen and oxygen atoms in total. The predicted octanol–water partition coefficient (Wildman–Crippen LogP) is 4.35. The van der Waals surface area contributed by atoms with Crippen LogP contribution in [0, 0.1) is 0 Å². The van der Waals surface area contributed by atoms with Crippen LogP contribution in [-0.4, -0.2) is 21.9 Å². The molecule has 0 N–H and O–H groups in total. The molecule has 0 radical (unpaired) electrons. The fraction of sp³-hybridized carbons (Fsp3) is 0.0909. The number of nitrogens with zero attached hydrogens (tertiary/aromatic N) is 2. The van der Waals surface area contributed by atoms with Gasteiger partial charge in [0.15, 0.2) is 11.5 Å². The fourth-order valence-electron chi connectivity index (χ4n) is 2.84. The van der Waals surface area contributed by atoms with Gasteiger partial charge in [-0.2, -0.15) is 0 Å². The second-order valence-corrected chi connectivity index (χ2v) is 6.31. The summed E-state index contributed by atoms with van der Waals surface area (Å²) in [6, 6.07) is 17.3. The van der Waals surface area contributed by atoms with E-state index in [-0.39, 0.29) is 18.1 Å². The number of carbonyl (C=O) groups is 2. The van der Waals surface area contributed by atoms with Gasteiger partial charge in [-0.1, -0.05) is 24.3 Å². The van der Waals surface area contributed by atoms with E-state index >= 15 is 0 Å². The van der Waals surface area contributed by atoms with Crippen LogP contribution in [0.3, 0.4) is 0 Å². The van der Waals surface area contributed by atoms with E-state index in [1.807, 2.05) is 24.3 Å². The van der Waals surface area contributed by atoms with Crippen LogP contribution in [0.5, 0.6) is 5.75 Å². The molecule has 7 heteroatoms. The monoisotopic (exact) mass is 388 g/mol. The van der Waals surface area contributed by atoms with E-state index in [0.29, 0.717) is 28.5 Å². The summed E-state index contributed by atoms with van der Waals surface area (Å²) in [4.78, 5) is 23.8. The third-order valence-corrected chi connectivity index (χ3v) is 4.11. The van der Waals surface area contributed by atoms with E-state index in [4.69, 9.17) is 13.6 Å². The molecule has 0 bridgehead atoms. The topological polar surface area (TPSA) is 95.4 Å². The van der Waals surface area contributed by atoms with E-state index in [1.165, 1.54) is 13.2 Å². The largest absolute Gasteiger partial charge is 0.459 e. The van der Waals surface area contributed by atoms with Gasteiger partial charge in [-0.3, -0.25) is 9.59 Å². The smallest absolute Gasteiger partial charge is 0.308 e. The molecule has 0 unspecified atom stereocenters. The molecule has 2 aromatic heterocycles. The molecule has 0 saturated carbocycles. The molecule has 0 aliphatic heterocycles. The number of aromatic nitrogens is 2. The van der Waals surface area contributed by atoms with Crippen molar-refractivity contribution in [3.05, 3.63) is 78.1 Å². The third kappa shape index (κ3) is 4.30. The van der Waals surface area contributed by atoms with E-state index in [9.17, 15) is 9.59 Å². The number of ketones is 1. The van der Waals surface area contributed by atoms with Crippen LogP contribution in [0.25, 0.3) is 23.1 Å². The van der Waals surface area contributed by atoms with Crippen LogP contribution in [0.1, 0.15) is 22.8 Å². The highest BCUT2D eigenvalue weighted by molar-refractivity contribution is 5.98. The lowest BCUT2D eigenvalue weighted by atomic mass is 10.0. The molecular weight excluding hydrogens is 372 g/mol. The summed E-state index contributed by atoms with van der Waals surface area (Å²) >= 11 is 0. The summed E-state index contributed by atoms with van der Waals surface area (Å²) in [6.07, 6.45) is 1.71. The van der Waals surface area contributed by atoms with Gasteiger partial charge in [0, 0.05) is 24.5 Å². The molecule has 0 aliphatic rings. The lowest BCUT2D eigenvalue weighted by Crippen LogP contribution is -2.06. The molecule has 2 aromatic carbocycles. The van der Waals surface area contributed by atoms with Crippen LogP contribution in [-0.2, 0) is 11.2 Å². The molecule has 0 saturated heterocycles. The Balaban J connectivity index is 1.52. The number of esters is 1. The minimum atomic E-state index is -0.434. The molecule has 4 aromatic rings. The maximum Gasteiger partial charge on any atom is 0.308 e. The number of furan rings is 1. The van der Waals surface area contributed by atoms with Crippen LogP contribution < -0.4 is 4.74 Å². The molecule has 144 valence electrons. The lowest BCUT2D eigenvalue weighted by Gasteiger charge is -2.05. The minimum absolute atomic E-state index is 0.0991. The Morgan fingerprint density at radius 2 is 1.79 bits per heavy atom. The first kappa shape index (κ1) is 18.4. The van der Waals surface area contributed by atoms with E-state index in [1.54, 1.807) is 36.4 Å². The zero-order valence-electron chi connectivity index (χ0n) is 15.5. The third-order valence-electron chi connectivity index (χ3n) is 4.11. The molecule has 0 fully saturated rings. The molecule has 0 spiro atoms. The molecule has 0 aliphatic carbocycles. The van der Waals surface area contributed by atoms with Gasteiger partial charge in [0.05, 0.1) is 6.26 Å². The standard InChI is InChI=1S/C22H16N2O5/c1-14(25)28-18-8-3-6-16(13-18)19(26)12-15-5-2-7-17(11-15)21-23-24-22(29-21)20-9-4-10-27-20/h2-11,13H,12H2,1H3. The average molecular weight is 388 g/mol. The van der Waals surface area contributed by atoms with Crippen molar-refractivity contribution in [2.24, 2.45) is 0 Å². The summed E-state index contributed by atoms with van der Waals surface area (Å²) in [5.41, 5.74) is 1.96. The number of benzene rings is 2. The Hall–Kier alpha value is -4.00. The first-order chi connectivity index (χ1) is 14.1. The molecule has 4 rings (SSSR count). The van der Waals surface area contributed by atoms with Gasteiger partial charge >= 0.3 is 5.97 Å². The summed E-state index contributed by atoms with van der Waals surface area (Å²) in [5.74, 6) is 0.918. The van der Waals surface area contributed by atoms with Crippen molar-refractivity contribution < 1.29 is 23.2 Å². The number of carbonyl (C=O) groups excluding carboxylic acids is 2. The summed E-state index contributed by atoms with van der Waals surface area (Å²) in [7, 11) is 0. The van der Waals surface area contributed by atoms with Crippen molar-refractivity contribution in [3.63, 3.8) is 0 Å². The van der Waals surface area contributed by atoms with Gasteiger partial charge in [-0.25, -0.2) is 0 Å². The highest BCUT2D eigenvalue weighted by Gasteiger charge is 2.14. The summed E-state index contributed by atoms with van der Waals surface area (Å²) < 4.78 is 16.0. The molecule has 0 amide bonds. The van der Waals surface area contributed by atoms with E-state index in [2.05, 4.69) is 10.2 Å². The molecule has 29 heavy (non-hydrogen) atoms. The van der Waals surface area contributed by atoms with Gasteiger partial charge in [-0.15, -0.1) is 10.2 Å². The predicted molar refractivity (Wildman–Crippen MR) is 103 cm³/mol. The number of hydrogen-bond donors (Lipinski definition) is 0. The zero-order valence-corrected chi connectivity index (χ0v) is 15.5. The van der Waals surface area contributed by atoms with Gasteiger partial charge in [0.2, 0.25) is 5.89 Å². The SMILES string of the molecule is CC(=O)Oc1cccc(C(=O)Cc2cccc(-c3nnc(-c4ccco4)o3)c2)c1. The van der Waals surface area contributed by atoms with Crippen molar-refractivity contribution in [2.45, 2.75) is 13.3 Å². The zero-order chi connectivity index (χ0) is 20.2. The quantitative estimate of drug-likeness (QED) is 0.275.